The van der Waals surface area contributed by atoms with Crippen LogP contribution < -0.4 is 5.73 Å². The van der Waals surface area contributed by atoms with Gasteiger partial charge in [0.1, 0.15) is 0 Å². The maximum atomic E-state index is 13.8. The summed E-state index contributed by atoms with van der Waals surface area (Å²) >= 11 is 0. The van der Waals surface area contributed by atoms with Crippen LogP contribution >= 0.6 is 0 Å². The van der Waals surface area contributed by atoms with Crippen molar-refractivity contribution < 1.29 is 4.39 Å². The molecule has 0 spiro atoms. The molecular formula is C14H21FN2. The van der Waals surface area contributed by atoms with Gasteiger partial charge in [-0.2, -0.15) is 0 Å². The van der Waals surface area contributed by atoms with Gasteiger partial charge in [0.25, 0.3) is 0 Å². The fraction of sp³-hybridized carbons (Fsp3) is 0.571. The van der Waals surface area contributed by atoms with Gasteiger partial charge in [0.2, 0.25) is 0 Å². The van der Waals surface area contributed by atoms with E-state index in [-0.39, 0.29) is 11.5 Å². The normalized spacial score (nSPS) is 21.3. The topological polar surface area (TPSA) is 29.3 Å². The summed E-state index contributed by atoms with van der Waals surface area (Å²) < 4.78 is 13.8. The lowest BCUT2D eigenvalue weighted by atomic mass is 10.0. The number of halogens is 1. The Labute approximate surface area is 103 Å². The van der Waals surface area contributed by atoms with E-state index in [1.807, 2.05) is 12.1 Å². The quantitative estimate of drug-likeness (QED) is 0.817. The third-order valence-corrected chi connectivity index (χ3v) is 3.67. The number of nitrogens with two attached hydrogens (primary N) is 1. The first kappa shape index (κ1) is 12.4. The van der Waals surface area contributed by atoms with Gasteiger partial charge in [0.05, 0.1) is 5.69 Å². The zero-order chi connectivity index (χ0) is 12.4. The van der Waals surface area contributed by atoms with Gasteiger partial charge >= 0.3 is 0 Å². The monoisotopic (exact) mass is 236 g/mol. The van der Waals surface area contributed by atoms with Crippen molar-refractivity contribution >= 4 is 5.69 Å². The summed E-state index contributed by atoms with van der Waals surface area (Å²) in [6.07, 6.45) is 2.44. The second-order valence-corrected chi connectivity index (χ2v) is 5.24. The van der Waals surface area contributed by atoms with Crippen molar-refractivity contribution in [2.45, 2.75) is 39.3 Å². The zero-order valence-electron chi connectivity index (χ0n) is 10.6. The summed E-state index contributed by atoms with van der Waals surface area (Å²) in [6, 6.07) is 5.86. The minimum atomic E-state index is -0.248. The van der Waals surface area contributed by atoms with E-state index in [0.29, 0.717) is 18.5 Å². The van der Waals surface area contributed by atoms with Crippen molar-refractivity contribution in [1.82, 2.24) is 4.90 Å². The van der Waals surface area contributed by atoms with E-state index in [0.717, 1.165) is 12.1 Å². The SMILES string of the molecule is CC(C)C1CCCN1Cc1cccc(N)c1F. The summed E-state index contributed by atoms with van der Waals surface area (Å²) in [6.45, 7) is 6.22. The summed E-state index contributed by atoms with van der Waals surface area (Å²) in [7, 11) is 0. The van der Waals surface area contributed by atoms with E-state index in [9.17, 15) is 4.39 Å². The lowest BCUT2D eigenvalue weighted by Gasteiger charge is -2.27. The fourth-order valence-corrected chi connectivity index (χ4v) is 2.74. The molecule has 3 heteroatoms. The van der Waals surface area contributed by atoms with Crippen molar-refractivity contribution in [3.63, 3.8) is 0 Å². The van der Waals surface area contributed by atoms with Crippen molar-refractivity contribution in [2.75, 3.05) is 12.3 Å². The first-order valence-electron chi connectivity index (χ1n) is 6.36. The Balaban J connectivity index is 2.12. The molecule has 1 aromatic rings. The Morgan fingerprint density at radius 2 is 2.24 bits per heavy atom. The zero-order valence-corrected chi connectivity index (χ0v) is 10.6. The minimum Gasteiger partial charge on any atom is -0.396 e. The van der Waals surface area contributed by atoms with Crippen LogP contribution in [0.25, 0.3) is 0 Å². The number of nitrogen functional groups attached to an aromatic ring is 1. The maximum absolute atomic E-state index is 13.8. The van der Waals surface area contributed by atoms with E-state index in [4.69, 9.17) is 5.73 Å². The molecule has 0 saturated carbocycles. The molecular weight excluding hydrogens is 215 g/mol. The molecule has 1 unspecified atom stereocenters. The van der Waals surface area contributed by atoms with Gasteiger partial charge in [-0.1, -0.05) is 26.0 Å². The minimum absolute atomic E-state index is 0.248. The number of likely N-dealkylation sites (tertiary alicyclic amines) is 1. The molecule has 17 heavy (non-hydrogen) atoms. The van der Waals surface area contributed by atoms with Crippen LogP contribution in [0.3, 0.4) is 0 Å². The second-order valence-electron chi connectivity index (χ2n) is 5.24. The van der Waals surface area contributed by atoms with Gasteiger partial charge < -0.3 is 5.73 Å². The van der Waals surface area contributed by atoms with Crippen molar-refractivity contribution in [3.8, 4) is 0 Å². The molecule has 2 nitrogen and oxygen atoms in total. The molecule has 1 aromatic carbocycles. The van der Waals surface area contributed by atoms with Gasteiger partial charge in [-0.05, 0) is 31.4 Å². The van der Waals surface area contributed by atoms with E-state index in [1.54, 1.807) is 6.07 Å². The van der Waals surface area contributed by atoms with E-state index in [2.05, 4.69) is 18.7 Å². The predicted molar refractivity (Wildman–Crippen MR) is 69.1 cm³/mol. The van der Waals surface area contributed by atoms with Crippen LogP contribution in [-0.2, 0) is 6.54 Å². The summed E-state index contributed by atoms with van der Waals surface area (Å²) in [5.41, 5.74) is 6.57. The van der Waals surface area contributed by atoms with Gasteiger partial charge in [-0.15, -0.1) is 0 Å². The summed E-state index contributed by atoms with van der Waals surface area (Å²) in [5.74, 6) is 0.378. The molecule has 0 aliphatic carbocycles. The van der Waals surface area contributed by atoms with Gasteiger partial charge in [0, 0.05) is 18.2 Å². The van der Waals surface area contributed by atoms with Crippen LogP contribution in [0.2, 0.25) is 0 Å². The lowest BCUT2D eigenvalue weighted by Crippen LogP contribution is -2.33. The van der Waals surface area contributed by atoms with E-state index < -0.39 is 0 Å². The van der Waals surface area contributed by atoms with Crippen LogP contribution in [-0.4, -0.2) is 17.5 Å². The smallest absolute Gasteiger partial charge is 0.150 e. The number of hydrogen-bond acceptors (Lipinski definition) is 2. The van der Waals surface area contributed by atoms with E-state index >= 15 is 0 Å². The largest absolute Gasteiger partial charge is 0.396 e. The Kier molecular flexibility index (Phi) is 3.67. The molecule has 1 fully saturated rings. The molecule has 2 rings (SSSR count). The van der Waals surface area contributed by atoms with Gasteiger partial charge in [0.15, 0.2) is 5.82 Å². The highest BCUT2D eigenvalue weighted by molar-refractivity contribution is 5.42. The molecule has 0 bridgehead atoms. The highest BCUT2D eigenvalue weighted by Gasteiger charge is 2.27. The van der Waals surface area contributed by atoms with Crippen molar-refractivity contribution in [2.24, 2.45) is 5.92 Å². The average molecular weight is 236 g/mol. The summed E-state index contributed by atoms with van der Waals surface area (Å²) in [4.78, 5) is 2.38. The molecule has 1 saturated heterocycles. The number of rotatable bonds is 3. The average Bonchev–Trinajstić information content (AvgIpc) is 2.73. The standard InChI is InChI=1S/C14H21FN2/c1-10(2)13-7-4-8-17(13)9-11-5-3-6-12(16)14(11)15/h3,5-6,10,13H,4,7-9,16H2,1-2H3. The highest BCUT2D eigenvalue weighted by Crippen LogP contribution is 2.26. The van der Waals surface area contributed by atoms with Crippen molar-refractivity contribution in [1.29, 1.82) is 0 Å². The number of nitrogens with zero attached hydrogens (tertiary/aromatic N) is 1. The Morgan fingerprint density at radius 1 is 1.47 bits per heavy atom. The second kappa shape index (κ2) is 5.05. The third-order valence-electron chi connectivity index (χ3n) is 3.67. The Hall–Kier alpha value is -1.09. The third kappa shape index (κ3) is 2.60. The van der Waals surface area contributed by atoms with Crippen LogP contribution in [0.4, 0.5) is 10.1 Å². The first-order valence-corrected chi connectivity index (χ1v) is 6.36. The Bertz CT molecular complexity index is 390. The molecule has 1 aliphatic heterocycles. The number of hydrogen-bond donors (Lipinski definition) is 1. The van der Waals surface area contributed by atoms with Crippen LogP contribution in [0.15, 0.2) is 18.2 Å². The number of benzene rings is 1. The highest BCUT2D eigenvalue weighted by atomic mass is 19.1. The molecule has 94 valence electrons. The molecule has 1 aliphatic rings. The molecule has 2 N–H and O–H groups in total. The van der Waals surface area contributed by atoms with Crippen LogP contribution in [0.5, 0.6) is 0 Å². The van der Waals surface area contributed by atoms with Gasteiger partial charge in [-0.25, -0.2) is 4.39 Å². The molecule has 0 radical (unpaired) electrons. The molecule has 1 atom stereocenters. The predicted octanol–water partition coefficient (Wildman–Crippen LogP) is 3.03. The summed E-state index contributed by atoms with van der Waals surface area (Å²) in [5, 5.41) is 0. The lowest BCUT2D eigenvalue weighted by molar-refractivity contribution is 0.196. The van der Waals surface area contributed by atoms with E-state index in [1.165, 1.54) is 12.8 Å². The Morgan fingerprint density at radius 3 is 2.94 bits per heavy atom. The number of anilines is 1. The van der Waals surface area contributed by atoms with Crippen LogP contribution in [0, 0.1) is 11.7 Å². The van der Waals surface area contributed by atoms with Crippen LogP contribution in [0.1, 0.15) is 32.3 Å². The first-order chi connectivity index (χ1) is 8.09. The molecule has 0 aromatic heterocycles. The molecule has 0 amide bonds. The molecule has 1 heterocycles. The fourth-order valence-electron chi connectivity index (χ4n) is 2.74. The van der Waals surface area contributed by atoms with Crippen molar-refractivity contribution in [3.05, 3.63) is 29.6 Å². The maximum Gasteiger partial charge on any atom is 0.150 e. The van der Waals surface area contributed by atoms with Gasteiger partial charge in [-0.3, -0.25) is 4.90 Å².